The molecule has 0 aliphatic rings. The molecule has 72 valence electrons. The van der Waals surface area contributed by atoms with Crippen LogP contribution in [0.4, 0.5) is 4.39 Å². The number of rotatable bonds is 2. The van der Waals surface area contributed by atoms with E-state index in [-0.39, 0.29) is 12.4 Å². The minimum Gasteiger partial charge on any atom is -0.387 e. The van der Waals surface area contributed by atoms with Gasteiger partial charge in [0.05, 0.1) is 6.10 Å². The Labute approximate surface area is 77.2 Å². The van der Waals surface area contributed by atoms with E-state index in [2.05, 4.69) is 0 Å². The van der Waals surface area contributed by atoms with Gasteiger partial charge in [-0.25, -0.2) is 4.39 Å². The number of benzene rings is 1. The lowest BCUT2D eigenvalue weighted by molar-refractivity contribution is 0.186. The predicted molar refractivity (Wildman–Crippen MR) is 49.9 cm³/mol. The normalized spacial score (nSPS) is 13.0. The van der Waals surface area contributed by atoms with Gasteiger partial charge in [-0.2, -0.15) is 0 Å². The summed E-state index contributed by atoms with van der Waals surface area (Å²) in [6, 6.07) is 3.25. The van der Waals surface area contributed by atoms with Gasteiger partial charge in [-0.3, -0.25) is 0 Å². The molecule has 0 radical (unpaired) electrons. The molecular formula is C10H14FNO. The van der Waals surface area contributed by atoms with Crippen molar-refractivity contribution in [3.05, 3.63) is 34.6 Å². The number of nitrogens with two attached hydrogens (primary N) is 1. The van der Waals surface area contributed by atoms with Crippen LogP contribution in [0.15, 0.2) is 12.1 Å². The molecule has 0 aliphatic heterocycles. The smallest absolute Gasteiger partial charge is 0.129 e. The Kier molecular flexibility index (Phi) is 3.01. The van der Waals surface area contributed by atoms with E-state index in [0.717, 1.165) is 0 Å². The van der Waals surface area contributed by atoms with Crippen molar-refractivity contribution in [3.8, 4) is 0 Å². The highest BCUT2D eigenvalue weighted by molar-refractivity contribution is 5.31. The summed E-state index contributed by atoms with van der Waals surface area (Å²) in [6.07, 6.45) is -0.696. The lowest BCUT2D eigenvalue weighted by Crippen LogP contribution is -2.12. The lowest BCUT2D eigenvalue weighted by Gasteiger charge is -2.11. The van der Waals surface area contributed by atoms with Gasteiger partial charge in [-0.05, 0) is 30.5 Å². The molecule has 0 aromatic heterocycles. The summed E-state index contributed by atoms with van der Waals surface area (Å²) in [5, 5.41) is 9.42. The first-order valence-corrected chi connectivity index (χ1v) is 4.21. The molecule has 1 unspecified atom stereocenters. The Balaban J connectivity index is 3.13. The fraction of sp³-hybridized carbons (Fsp3) is 0.400. The Morgan fingerprint density at radius 1 is 1.38 bits per heavy atom. The van der Waals surface area contributed by atoms with Crippen LogP contribution in [0.3, 0.4) is 0 Å². The minimum atomic E-state index is -0.696. The molecule has 1 aromatic rings. The van der Waals surface area contributed by atoms with Crippen molar-refractivity contribution in [2.24, 2.45) is 5.73 Å². The first-order chi connectivity index (χ1) is 6.06. The molecule has 0 saturated carbocycles. The Morgan fingerprint density at radius 2 is 1.85 bits per heavy atom. The van der Waals surface area contributed by atoms with E-state index in [1.165, 1.54) is 0 Å². The van der Waals surface area contributed by atoms with Crippen LogP contribution in [-0.2, 0) is 0 Å². The van der Waals surface area contributed by atoms with E-state index in [4.69, 9.17) is 5.73 Å². The average Bonchev–Trinajstić information content (AvgIpc) is 2.12. The highest BCUT2D eigenvalue weighted by atomic mass is 19.1. The predicted octanol–water partition coefficient (Wildman–Crippen LogP) is 1.43. The van der Waals surface area contributed by atoms with Crippen molar-refractivity contribution in [1.82, 2.24) is 0 Å². The molecule has 0 amide bonds. The zero-order valence-electron chi connectivity index (χ0n) is 7.84. The number of aryl methyl sites for hydroxylation is 2. The maximum atomic E-state index is 13.2. The quantitative estimate of drug-likeness (QED) is 0.728. The number of hydrogen-bond donors (Lipinski definition) is 2. The van der Waals surface area contributed by atoms with E-state index in [9.17, 15) is 9.50 Å². The highest BCUT2D eigenvalue weighted by Gasteiger charge is 2.09. The summed E-state index contributed by atoms with van der Waals surface area (Å²) in [5.74, 6) is -0.215. The molecule has 0 aliphatic carbocycles. The topological polar surface area (TPSA) is 46.2 Å². The van der Waals surface area contributed by atoms with Crippen LogP contribution < -0.4 is 5.73 Å². The molecule has 1 atom stereocenters. The Bertz CT molecular complexity index is 289. The van der Waals surface area contributed by atoms with Gasteiger partial charge in [0, 0.05) is 6.54 Å². The molecule has 0 saturated heterocycles. The van der Waals surface area contributed by atoms with Gasteiger partial charge in [0.1, 0.15) is 5.82 Å². The van der Waals surface area contributed by atoms with Crippen LogP contribution in [0.5, 0.6) is 0 Å². The molecular weight excluding hydrogens is 169 g/mol. The third-order valence-electron chi connectivity index (χ3n) is 2.07. The van der Waals surface area contributed by atoms with E-state index in [1.54, 1.807) is 26.0 Å². The molecule has 0 fully saturated rings. The van der Waals surface area contributed by atoms with E-state index in [0.29, 0.717) is 16.7 Å². The molecule has 3 N–H and O–H groups in total. The summed E-state index contributed by atoms with van der Waals surface area (Å²) in [7, 11) is 0. The molecule has 3 heteroatoms. The summed E-state index contributed by atoms with van der Waals surface area (Å²) in [4.78, 5) is 0. The highest BCUT2D eigenvalue weighted by Crippen LogP contribution is 2.19. The Hall–Kier alpha value is -0.930. The second-order valence-electron chi connectivity index (χ2n) is 3.22. The maximum Gasteiger partial charge on any atom is 0.129 e. The van der Waals surface area contributed by atoms with E-state index in [1.807, 2.05) is 0 Å². The maximum absolute atomic E-state index is 13.2. The standard InChI is InChI=1S/C10H14FNO/c1-6-3-8(9(13)5-12)4-7(2)10(6)11/h3-4,9,13H,5,12H2,1-2H3. The number of aliphatic hydroxyl groups excluding tert-OH is 1. The van der Waals surface area contributed by atoms with Crippen LogP contribution in [0.2, 0.25) is 0 Å². The van der Waals surface area contributed by atoms with Gasteiger partial charge >= 0.3 is 0 Å². The molecule has 13 heavy (non-hydrogen) atoms. The Morgan fingerprint density at radius 3 is 2.23 bits per heavy atom. The van der Waals surface area contributed by atoms with Crippen molar-refractivity contribution in [1.29, 1.82) is 0 Å². The average molecular weight is 183 g/mol. The molecule has 0 bridgehead atoms. The van der Waals surface area contributed by atoms with Gasteiger partial charge < -0.3 is 10.8 Å². The van der Waals surface area contributed by atoms with Gasteiger partial charge in [0.2, 0.25) is 0 Å². The van der Waals surface area contributed by atoms with Crippen LogP contribution in [0.1, 0.15) is 22.8 Å². The first kappa shape index (κ1) is 10.2. The first-order valence-electron chi connectivity index (χ1n) is 4.21. The van der Waals surface area contributed by atoms with Crippen LogP contribution in [0, 0.1) is 19.7 Å². The summed E-state index contributed by atoms with van der Waals surface area (Å²) >= 11 is 0. The van der Waals surface area contributed by atoms with Gasteiger partial charge in [0.25, 0.3) is 0 Å². The molecule has 2 nitrogen and oxygen atoms in total. The SMILES string of the molecule is Cc1cc(C(O)CN)cc(C)c1F. The van der Waals surface area contributed by atoms with Crippen molar-refractivity contribution in [2.75, 3.05) is 6.54 Å². The van der Waals surface area contributed by atoms with Crippen molar-refractivity contribution in [3.63, 3.8) is 0 Å². The monoisotopic (exact) mass is 183 g/mol. The molecule has 0 spiro atoms. The van der Waals surface area contributed by atoms with E-state index < -0.39 is 6.10 Å². The third-order valence-corrected chi connectivity index (χ3v) is 2.07. The van der Waals surface area contributed by atoms with Crippen molar-refractivity contribution in [2.45, 2.75) is 20.0 Å². The van der Waals surface area contributed by atoms with Crippen molar-refractivity contribution < 1.29 is 9.50 Å². The fourth-order valence-electron chi connectivity index (χ4n) is 1.31. The van der Waals surface area contributed by atoms with Gasteiger partial charge in [0.15, 0.2) is 0 Å². The molecule has 0 heterocycles. The van der Waals surface area contributed by atoms with Crippen LogP contribution in [-0.4, -0.2) is 11.7 Å². The van der Waals surface area contributed by atoms with Gasteiger partial charge in [-0.1, -0.05) is 12.1 Å². The molecule has 1 rings (SSSR count). The zero-order chi connectivity index (χ0) is 10.0. The van der Waals surface area contributed by atoms with Crippen LogP contribution >= 0.6 is 0 Å². The number of halogens is 1. The zero-order valence-corrected chi connectivity index (χ0v) is 7.84. The fourth-order valence-corrected chi connectivity index (χ4v) is 1.31. The lowest BCUT2D eigenvalue weighted by atomic mass is 10.0. The van der Waals surface area contributed by atoms with Crippen LogP contribution in [0.25, 0.3) is 0 Å². The summed E-state index contributed by atoms with van der Waals surface area (Å²) < 4.78 is 13.2. The third kappa shape index (κ3) is 2.05. The largest absolute Gasteiger partial charge is 0.387 e. The second kappa shape index (κ2) is 3.85. The number of hydrogen-bond acceptors (Lipinski definition) is 2. The molecule has 1 aromatic carbocycles. The van der Waals surface area contributed by atoms with Gasteiger partial charge in [-0.15, -0.1) is 0 Å². The number of aliphatic hydroxyl groups is 1. The van der Waals surface area contributed by atoms with Crippen molar-refractivity contribution >= 4 is 0 Å². The summed E-state index contributed by atoms with van der Waals surface area (Å²) in [5.41, 5.74) is 7.07. The second-order valence-corrected chi connectivity index (χ2v) is 3.22. The van der Waals surface area contributed by atoms with E-state index >= 15 is 0 Å². The summed E-state index contributed by atoms with van der Waals surface area (Å²) in [6.45, 7) is 3.51. The minimum absolute atomic E-state index is 0.157.